The molecule has 0 aliphatic carbocycles. The van der Waals surface area contributed by atoms with Crippen LogP contribution in [0.15, 0.2) is 24.3 Å². The van der Waals surface area contributed by atoms with Crippen LogP contribution < -0.4 is 16.0 Å². The van der Waals surface area contributed by atoms with E-state index in [0.717, 1.165) is 31.5 Å². The van der Waals surface area contributed by atoms with E-state index in [-0.39, 0.29) is 30.1 Å². The van der Waals surface area contributed by atoms with E-state index >= 15 is 0 Å². The number of benzene rings is 1. The summed E-state index contributed by atoms with van der Waals surface area (Å²) < 4.78 is 0. The summed E-state index contributed by atoms with van der Waals surface area (Å²) in [6.07, 6.45) is 2.01. The SMILES string of the molecule is CNC(=O)c1ccc(CNC(=O)[C@@H]2CCCNC2)cc1.Cl. The maximum absolute atomic E-state index is 12.0. The van der Waals surface area contributed by atoms with Crippen LogP contribution in [0.25, 0.3) is 0 Å². The monoisotopic (exact) mass is 311 g/mol. The van der Waals surface area contributed by atoms with Gasteiger partial charge in [0.2, 0.25) is 5.91 Å². The van der Waals surface area contributed by atoms with Crippen LogP contribution in [0.4, 0.5) is 0 Å². The predicted octanol–water partition coefficient (Wildman–Crippen LogP) is 1.08. The zero-order valence-corrected chi connectivity index (χ0v) is 13.0. The van der Waals surface area contributed by atoms with Gasteiger partial charge in [0.05, 0.1) is 5.92 Å². The van der Waals surface area contributed by atoms with Gasteiger partial charge in [-0.2, -0.15) is 0 Å². The first-order chi connectivity index (χ1) is 9.70. The third kappa shape index (κ3) is 5.02. The van der Waals surface area contributed by atoms with Gasteiger partial charge in [-0.3, -0.25) is 9.59 Å². The summed E-state index contributed by atoms with van der Waals surface area (Å²) in [5, 5.41) is 8.77. The third-order valence-electron chi connectivity index (χ3n) is 3.58. The van der Waals surface area contributed by atoms with Crippen molar-refractivity contribution in [1.82, 2.24) is 16.0 Å². The molecule has 1 atom stereocenters. The number of nitrogens with one attached hydrogen (secondary N) is 3. The van der Waals surface area contributed by atoms with E-state index in [1.165, 1.54) is 0 Å². The number of halogens is 1. The molecule has 1 fully saturated rings. The van der Waals surface area contributed by atoms with Crippen molar-refractivity contribution in [2.75, 3.05) is 20.1 Å². The zero-order chi connectivity index (χ0) is 14.4. The van der Waals surface area contributed by atoms with Crippen LogP contribution in [-0.4, -0.2) is 32.0 Å². The Kier molecular flexibility index (Phi) is 7.19. The first kappa shape index (κ1) is 17.5. The summed E-state index contributed by atoms with van der Waals surface area (Å²) in [6, 6.07) is 7.26. The van der Waals surface area contributed by atoms with Gasteiger partial charge in [-0.15, -0.1) is 12.4 Å². The fourth-order valence-electron chi connectivity index (χ4n) is 2.33. The largest absolute Gasteiger partial charge is 0.355 e. The van der Waals surface area contributed by atoms with Gasteiger partial charge in [-0.05, 0) is 37.1 Å². The molecule has 3 N–H and O–H groups in total. The van der Waals surface area contributed by atoms with Crippen molar-refractivity contribution < 1.29 is 9.59 Å². The van der Waals surface area contributed by atoms with Gasteiger partial charge in [-0.1, -0.05) is 12.1 Å². The second-order valence-corrected chi connectivity index (χ2v) is 5.04. The Morgan fingerprint density at radius 1 is 1.29 bits per heavy atom. The third-order valence-corrected chi connectivity index (χ3v) is 3.58. The Morgan fingerprint density at radius 2 is 2.00 bits per heavy atom. The number of hydrogen-bond acceptors (Lipinski definition) is 3. The Balaban J connectivity index is 0.00000220. The summed E-state index contributed by atoms with van der Waals surface area (Å²) >= 11 is 0. The minimum Gasteiger partial charge on any atom is -0.355 e. The van der Waals surface area contributed by atoms with Crippen molar-refractivity contribution in [2.24, 2.45) is 5.92 Å². The second kappa shape index (κ2) is 8.64. The fraction of sp³-hybridized carbons (Fsp3) is 0.467. The molecule has 5 nitrogen and oxygen atoms in total. The molecule has 0 unspecified atom stereocenters. The number of rotatable bonds is 4. The lowest BCUT2D eigenvalue weighted by Crippen LogP contribution is -2.40. The van der Waals surface area contributed by atoms with E-state index in [0.29, 0.717) is 12.1 Å². The highest BCUT2D eigenvalue weighted by atomic mass is 35.5. The molecule has 0 radical (unpaired) electrons. The van der Waals surface area contributed by atoms with Gasteiger partial charge in [0.25, 0.3) is 5.91 Å². The fourth-order valence-corrected chi connectivity index (χ4v) is 2.33. The summed E-state index contributed by atoms with van der Waals surface area (Å²) in [5.41, 5.74) is 1.62. The van der Waals surface area contributed by atoms with Crippen LogP contribution in [0.3, 0.4) is 0 Å². The number of hydrogen-bond donors (Lipinski definition) is 3. The maximum Gasteiger partial charge on any atom is 0.251 e. The van der Waals surface area contributed by atoms with Crippen molar-refractivity contribution in [3.05, 3.63) is 35.4 Å². The van der Waals surface area contributed by atoms with Crippen LogP contribution in [0.2, 0.25) is 0 Å². The molecule has 0 aromatic heterocycles. The van der Waals surface area contributed by atoms with Crippen molar-refractivity contribution >= 4 is 24.2 Å². The molecule has 1 aromatic carbocycles. The Labute approximate surface area is 131 Å². The molecule has 1 aromatic rings. The maximum atomic E-state index is 12.0. The van der Waals surface area contributed by atoms with E-state index in [4.69, 9.17) is 0 Å². The average Bonchev–Trinajstić information content (AvgIpc) is 2.53. The van der Waals surface area contributed by atoms with Crippen LogP contribution in [0, 0.1) is 5.92 Å². The molecule has 0 spiro atoms. The molecule has 2 amide bonds. The first-order valence-corrected chi connectivity index (χ1v) is 7.00. The van der Waals surface area contributed by atoms with Gasteiger partial charge in [0.1, 0.15) is 0 Å². The molecular weight excluding hydrogens is 290 g/mol. The standard InChI is InChI=1S/C15H21N3O2.ClH/c1-16-14(19)12-6-4-11(5-7-12)9-18-15(20)13-3-2-8-17-10-13;/h4-7,13,17H,2-3,8-10H2,1H3,(H,16,19)(H,18,20);1H/t13-;/m1./s1. The summed E-state index contributed by atoms with van der Waals surface area (Å²) in [5.74, 6) is 0.0790. The molecule has 1 aliphatic heterocycles. The quantitative estimate of drug-likeness (QED) is 0.779. The second-order valence-electron chi connectivity index (χ2n) is 5.04. The average molecular weight is 312 g/mol. The lowest BCUT2D eigenvalue weighted by Gasteiger charge is -2.21. The molecular formula is C15H22ClN3O2. The summed E-state index contributed by atoms with van der Waals surface area (Å²) in [6.45, 7) is 2.27. The van der Waals surface area contributed by atoms with Gasteiger partial charge < -0.3 is 16.0 Å². The van der Waals surface area contributed by atoms with E-state index in [1.54, 1.807) is 19.2 Å². The van der Waals surface area contributed by atoms with Crippen molar-refractivity contribution in [3.8, 4) is 0 Å². The Bertz CT molecular complexity index is 470. The van der Waals surface area contributed by atoms with Gasteiger partial charge >= 0.3 is 0 Å². The van der Waals surface area contributed by atoms with E-state index in [9.17, 15) is 9.59 Å². The summed E-state index contributed by atoms with van der Waals surface area (Å²) in [7, 11) is 1.61. The van der Waals surface area contributed by atoms with Gasteiger partial charge in [0.15, 0.2) is 0 Å². The van der Waals surface area contributed by atoms with Crippen LogP contribution in [0.1, 0.15) is 28.8 Å². The number of amides is 2. The molecule has 1 heterocycles. The van der Waals surface area contributed by atoms with Crippen molar-refractivity contribution in [1.29, 1.82) is 0 Å². The minimum atomic E-state index is -0.103. The topological polar surface area (TPSA) is 70.2 Å². The van der Waals surface area contributed by atoms with Gasteiger partial charge in [-0.25, -0.2) is 0 Å². The highest BCUT2D eigenvalue weighted by Crippen LogP contribution is 2.10. The Hall–Kier alpha value is -1.59. The molecule has 1 aliphatic rings. The molecule has 6 heteroatoms. The lowest BCUT2D eigenvalue weighted by atomic mass is 9.99. The number of carbonyl (C=O) groups is 2. The molecule has 0 saturated carbocycles. The van der Waals surface area contributed by atoms with Crippen LogP contribution >= 0.6 is 12.4 Å². The number of piperidine rings is 1. The highest BCUT2D eigenvalue weighted by molar-refractivity contribution is 5.93. The molecule has 2 rings (SSSR count). The number of carbonyl (C=O) groups excluding carboxylic acids is 2. The van der Waals surface area contributed by atoms with Gasteiger partial charge in [0, 0.05) is 25.7 Å². The lowest BCUT2D eigenvalue weighted by molar-refractivity contribution is -0.125. The van der Waals surface area contributed by atoms with Crippen LogP contribution in [0.5, 0.6) is 0 Å². The van der Waals surface area contributed by atoms with E-state index in [1.807, 2.05) is 12.1 Å². The molecule has 21 heavy (non-hydrogen) atoms. The van der Waals surface area contributed by atoms with Crippen LogP contribution in [-0.2, 0) is 11.3 Å². The van der Waals surface area contributed by atoms with Crippen molar-refractivity contribution in [2.45, 2.75) is 19.4 Å². The molecule has 1 saturated heterocycles. The minimum absolute atomic E-state index is 0. The van der Waals surface area contributed by atoms with E-state index < -0.39 is 0 Å². The normalized spacial score (nSPS) is 17.5. The smallest absolute Gasteiger partial charge is 0.251 e. The predicted molar refractivity (Wildman–Crippen MR) is 84.5 cm³/mol. The summed E-state index contributed by atoms with van der Waals surface area (Å²) in [4.78, 5) is 23.4. The van der Waals surface area contributed by atoms with E-state index in [2.05, 4.69) is 16.0 Å². The first-order valence-electron chi connectivity index (χ1n) is 7.00. The molecule has 0 bridgehead atoms. The highest BCUT2D eigenvalue weighted by Gasteiger charge is 2.20. The van der Waals surface area contributed by atoms with Crippen molar-refractivity contribution in [3.63, 3.8) is 0 Å². The zero-order valence-electron chi connectivity index (χ0n) is 12.1. The molecule has 116 valence electrons. The Morgan fingerprint density at radius 3 is 2.57 bits per heavy atom.